The maximum Gasteiger partial charge on any atom is 0.129 e. The minimum atomic E-state index is 0.494. The van der Waals surface area contributed by atoms with Gasteiger partial charge in [0.25, 0.3) is 0 Å². The third kappa shape index (κ3) is 2.30. The van der Waals surface area contributed by atoms with E-state index in [1.54, 1.807) is 0 Å². The second-order valence-electron chi connectivity index (χ2n) is 5.11. The molecule has 0 radical (unpaired) electrons. The van der Waals surface area contributed by atoms with E-state index in [4.69, 9.17) is 21.3 Å². The van der Waals surface area contributed by atoms with Crippen LogP contribution in [0.3, 0.4) is 0 Å². The van der Waals surface area contributed by atoms with E-state index in [0.717, 1.165) is 53.9 Å². The van der Waals surface area contributed by atoms with Crippen molar-refractivity contribution in [1.82, 2.24) is 9.97 Å². The number of hydrogen-bond donors (Lipinski definition) is 0. The average Bonchev–Trinajstić information content (AvgIpc) is 2.55. The molecule has 2 aromatic heterocycles. The van der Waals surface area contributed by atoms with Crippen LogP contribution in [0.1, 0.15) is 0 Å². The summed E-state index contributed by atoms with van der Waals surface area (Å²) in [6.07, 6.45) is 0. The Balaban J connectivity index is 1.91. The number of ether oxygens (including phenoxy) is 1. The summed E-state index contributed by atoms with van der Waals surface area (Å²) in [5.74, 6) is 0.972. The standard InChI is InChI=1S/C16H14ClN3O/c17-13-5-3-11-1-2-12-4-6-14(19-16(12)15(11)18-13)20-7-9-21-10-8-20/h1-6H,7-10H2. The van der Waals surface area contributed by atoms with Crippen molar-refractivity contribution in [3.05, 3.63) is 41.6 Å². The average molecular weight is 300 g/mol. The van der Waals surface area contributed by atoms with Crippen LogP contribution < -0.4 is 4.90 Å². The van der Waals surface area contributed by atoms with Crippen molar-refractivity contribution >= 4 is 39.2 Å². The Hall–Kier alpha value is -1.91. The van der Waals surface area contributed by atoms with Crippen molar-refractivity contribution in [1.29, 1.82) is 0 Å². The Morgan fingerprint density at radius 2 is 1.48 bits per heavy atom. The second kappa shape index (κ2) is 5.13. The van der Waals surface area contributed by atoms with Crippen molar-refractivity contribution in [2.75, 3.05) is 31.2 Å². The van der Waals surface area contributed by atoms with Gasteiger partial charge in [0.05, 0.1) is 24.2 Å². The summed E-state index contributed by atoms with van der Waals surface area (Å²) in [4.78, 5) is 11.5. The molecule has 1 aromatic carbocycles. The lowest BCUT2D eigenvalue weighted by molar-refractivity contribution is 0.122. The van der Waals surface area contributed by atoms with Crippen LogP contribution in [0.4, 0.5) is 5.82 Å². The molecule has 1 fully saturated rings. The first kappa shape index (κ1) is 12.8. The number of nitrogens with zero attached hydrogens (tertiary/aromatic N) is 3. The van der Waals surface area contributed by atoms with Crippen molar-refractivity contribution in [2.24, 2.45) is 0 Å². The number of morpholine rings is 1. The zero-order chi connectivity index (χ0) is 14.2. The third-order valence-corrected chi connectivity index (χ3v) is 4.02. The zero-order valence-corrected chi connectivity index (χ0v) is 12.2. The minimum absolute atomic E-state index is 0.494. The Kier molecular flexibility index (Phi) is 3.13. The van der Waals surface area contributed by atoms with Gasteiger partial charge in [-0.3, -0.25) is 0 Å². The van der Waals surface area contributed by atoms with Crippen LogP contribution >= 0.6 is 11.6 Å². The molecular formula is C16H14ClN3O. The fraction of sp³-hybridized carbons (Fsp3) is 0.250. The van der Waals surface area contributed by atoms with E-state index in [0.29, 0.717) is 5.15 Å². The van der Waals surface area contributed by atoms with Crippen LogP contribution in [0.15, 0.2) is 36.4 Å². The van der Waals surface area contributed by atoms with Crippen LogP contribution in [0.25, 0.3) is 21.8 Å². The fourth-order valence-electron chi connectivity index (χ4n) is 2.70. The zero-order valence-electron chi connectivity index (χ0n) is 11.4. The lowest BCUT2D eigenvalue weighted by Crippen LogP contribution is -2.36. The molecule has 5 heteroatoms. The van der Waals surface area contributed by atoms with E-state index < -0.39 is 0 Å². The molecule has 0 saturated carbocycles. The Morgan fingerprint density at radius 1 is 0.857 bits per heavy atom. The predicted octanol–water partition coefficient (Wildman–Crippen LogP) is 3.27. The topological polar surface area (TPSA) is 38.2 Å². The molecule has 3 aromatic rings. The van der Waals surface area contributed by atoms with Gasteiger partial charge in [0.15, 0.2) is 0 Å². The summed E-state index contributed by atoms with van der Waals surface area (Å²) in [5.41, 5.74) is 1.76. The summed E-state index contributed by atoms with van der Waals surface area (Å²) in [6.45, 7) is 3.24. The van der Waals surface area contributed by atoms with Gasteiger partial charge in [0, 0.05) is 23.9 Å². The monoisotopic (exact) mass is 299 g/mol. The summed E-state index contributed by atoms with van der Waals surface area (Å²) in [6, 6.07) is 12.1. The number of halogens is 1. The van der Waals surface area contributed by atoms with E-state index in [-0.39, 0.29) is 0 Å². The lowest BCUT2D eigenvalue weighted by atomic mass is 10.1. The number of pyridine rings is 2. The second-order valence-corrected chi connectivity index (χ2v) is 5.50. The summed E-state index contributed by atoms with van der Waals surface area (Å²) >= 11 is 6.04. The summed E-state index contributed by atoms with van der Waals surface area (Å²) < 4.78 is 5.40. The largest absolute Gasteiger partial charge is 0.378 e. The van der Waals surface area contributed by atoms with E-state index in [9.17, 15) is 0 Å². The molecule has 0 amide bonds. The first-order chi connectivity index (χ1) is 10.3. The number of anilines is 1. The van der Waals surface area contributed by atoms with E-state index >= 15 is 0 Å². The molecule has 0 aliphatic carbocycles. The van der Waals surface area contributed by atoms with E-state index in [1.165, 1.54) is 0 Å². The Morgan fingerprint density at radius 3 is 2.24 bits per heavy atom. The number of aromatic nitrogens is 2. The van der Waals surface area contributed by atoms with Gasteiger partial charge in [-0.05, 0) is 24.3 Å². The summed E-state index contributed by atoms with van der Waals surface area (Å²) in [5, 5.41) is 2.63. The molecule has 106 valence electrons. The quantitative estimate of drug-likeness (QED) is 0.510. The predicted molar refractivity (Wildman–Crippen MR) is 85.1 cm³/mol. The minimum Gasteiger partial charge on any atom is -0.378 e. The normalized spacial score (nSPS) is 15.8. The highest BCUT2D eigenvalue weighted by atomic mass is 35.5. The molecule has 4 nitrogen and oxygen atoms in total. The molecule has 21 heavy (non-hydrogen) atoms. The van der Waals surface area contributed by atoms with Crippen LogP contribution in [0, 0.1) is 0 Å². The van der Waals surface area contributed by atoms with Gasteiger partial charge in [-0.1, -0.05) is 23.7 Å². The highest BCUT2D eigenvalue weighted by molar-refractivity contribution is 6.30. The van der Waals surface area contributed by atoms with Crippen LogP contribution in [0.2, 0.25) is 5.15 Å². The molecule has 0 N–H and O–H groups in total. The number of rotatable bonds is 1. The number of benzene rings is 1. The lowest BCUT2D eigenvalue weighted by Gasteiger charge is -2.27. The van der Waals surface area contributed by atoms with Gasteiger partial charge in [-0.15, -0.1) is 0 Å². The smallest absolute Gasteiger partial charge is 0.129 e. The Bertz CT molecular complexity index is 815. The molecular weight excluding hydrogens is 286 g/mol. The van der Waals surface area contributed by atoms with Gasteiger partial charge in [-0.25, -0.2) is 9.97 Å². The fourth-order valence-corrected chi connectivity index (χ4v) is 2.85. The van der Waals surface area contributed by atoms with Gasteiger partial charge < -0.3 is 9.64 Å². The van der Waals surface area contributed by atoms with Gasteiger partial charge in [0.2, 0.25) is 0 Å². The van der Waals surface area contributed by atoms with Crippen molar-refractivity contribution in [3.8, 4) is 0 Å². The molecule has 0 unspecified atom stereocenters. The van der Waals surface area contributed by atoms with E-state index in [1.807, 2.05) is 12.1 Å². The first-order valence-corrected chi connectivity index (χ1v) is 7.38. The number of hydrogen-bond acceptors (Lipinski definition) is 4. The van der Waals surface area contributed by atoms with Gasteiger partial charge in [0.1, 0.15) is 11.0 Å². The highest BCUT2D eigenvalue weighted by Gasteiger charge is 2.13. The maximum atomic E-state index is 6.04. The molecule has 0 bridgehead atoms. The SMILES string of the molecule is Clc1ccc2ccc3ccc(N4CCOCC4)nc3c2n1. The molecule has 0 spiro atoms. The van der Waals surface area contributed by atoms with E-state index in [2.05, 4.69) is 34.1 Å². The first-order valence-electron chi connectivity index (χ1n) is 7.00. The van der Waals surface area contributed by atoms with Gasteiger partial charge >= 0.3 is 0 Å². The Labute approximate surface area is 127 Å². The van der Waals surface area contributed by atoms with Crippen LogP contribution in [-0.4, -0.2) is 36.3 Å². The molecule has 1 aliphatic heterocycles. The molecule has 4 rings (SSSR count). The maximum absolute atomic E-state index is 6.04. The molecule has 0 atom stereocenters. The van der Waals surface area contributed by atoms with Crippen molar-refractivity contribution in [2.45, 2.75) is 0 Å². The van der Waals surface area contributed by atoms with Gasteiger partial charge in [-0.2, -0.15) is 0 Å². The summed E-state index contributed by atoms with van der Waals surface area (Å²) in [7, 11) is 0. The highest BCUT2D eigenvalue weighted by Crippen LogP contribution is 2.26. The molecule has 3 heterocycles. The van der Waals surface area contributed by atoms with Crippen molar-refractivity contribution in [3.63, 3.8) is 0 Å². The number of fused-ring (bicyclic) bond motifs is 3. The molecule has 1 aliphatic rings. The van der Waals surface area contributed by atoms with Crippen molar-refractivity contribution < 1.29 is 4.74 Å². The van der Waals surface area contributed by atoms with Crippen LogP contribution in [-0.2, 0) is 4.74 Å². The third-order valence-electron chi connectivity index (χ3n) is 3.81. The van der Waals surface area contributed by atoms with Crippen LogP contribution in [0.5, 0.6) is 0 Å². The molecule has 1 saturated heterocycles.